The lowest BCUT2D eigenvalue weighted by molar-refractivity contribution is 0.0164. The second kappa shape index (κ2) is 8.91. The summed E-state index contributed by atoms with van der Waals surface area (Å²) in [5.41, 5.74) is 0. The van der Waals surface area contributed by atoms with Crippen LogP contribution in [0.1, 0.15) is 58.8 Å². The second-order valence-corrected chi connectivity index (χ2v) is 10.7. The fourth-order valence-corrected chi connectivity index (χ4v) is 6.25. The van der Waals surface area contributed by atoms with E-state index < -0.39 is 9.84 Å². The highest BCUT2D eigenvalue weighted by atomic mass is 32.2. The van der Waals surface area contributed by atoms with Gasteiger partial charge in [0.1, 0.15) is 0 Å². The molecule has 0 bridgehead atoms. The third-order valence-corrected chi connectivity index (χ3v) is 7.93. The number of hydrogen-bond acceptors (Lipinski definition) is 4. The van der Waals surface area contributed by atoms with E-state index in [0.29, 0.717) is 30.3 Å². The molecular weight excluding hydrogens is 350 g/mol. The zero-order valence-electron chi connectivity index (χ0n) is 16.2. The van der Waals surface area contributed by atoms with E-state index in [9.17, 15) is 8.42 Å². The van der Waals surface area contributed by atoms with Crippen LogP contribution in [0.3, 0.4) is 0 Å². The van der Waals surface area contributed by atoms with E-state index in [-0.39, 0.29) is 17.8 Å². The number of rotatable bonds is 4. The molecule has 2 saturated heterocycles. The van der Waals surface area contributed by atoms with Gasteiger partial charge in [-0.2, -0.15) is 0 Å². The molecule has 0 amide bonds. The van der Waals surface area contributed by atoms with Crippen molar-refractivity contribution in [3.63, 3.8) is 0 Å². The molecule has 2 aliphatic heterocycles. The van der Waals surface area contributed by atoms with Crippen molar-refractivity contribution in [1.82, 2.24) is 10.6 Å². The summed E-state index contributed by atoms with van der Waals surface area (Å²) < 4.78 is 29.1. The Hall–Kier alpha value is -0.820. The van der Waals surface area contributed by atoms with Gasteiger partial charge in [0.05, 0.1) is 17.6 Å². The van der Waals surface area contributed by atoms with Crippen LogP contribution in [-0.2, 0) is 14.6 Å². The SMILES string of the molecule is CC1CC(NC(=NCC2CCS(=O)(=O)C2)NC2CCCCC2C)CCO1. The Morgan fingerprint density at radius 3 is 2.62 bits per heavy atom. The predicted octanol–water partition coefficient (Wildman–Crippen LogP) is 2.10. The molecule has 26 heavy (non-hydrogen) atoms. The van der Waals surface area contributed by atoms with Gasteiger partial charge in [-0.05, 0) is 50.9 Å². The molecular formula is C19H35N3O3S. The number of aliphatic imine (C=N–C) groups is 1. The van der Waals surface area contributed by atoms with E-state index in [1.165, 1.54) is 25.7 Å². The van der Waals surface area contributed by atoms with E-state index in [4.69, 9.17) is 9.73 Å². The Balaban J connectivity index is 1.62. The first kappa shape index (κ1) is 19.9. The molecule has 3 rings (SSSR count). The normalized spacial score (nSPS) is 38.1. The van der Waals surface area contributed by atoms with E-state index >= 15 is 0 Å². The largest absolute Gasteiger partial charge is 0.378 e. The van der Waals surface area contributed by atoms with Crippen molar-refractivity contribution in [3.05, 3.63) is 0 Å². The molecule has 0 radical (unpaired) electrons. The fraction of sp³-hybridized carbons (Fsp3) is 0.947. The van der Waals surface area contributed by atoms with Crippen molar-refractivity contribution >= 4 is 15.8 Å². The van der Waals surface area contributed by atoms with Gasteiger partial charge >= 0.3 is 0 Å². The van der Waals surface area contributed by atoms with Crippen LogP contribution in [0.5, 0.6) is 0 Å². The summed E-state index contributed by atoms with van der Waals surface area (Å²) >= 11 is 0. The van der Waals surface area contributed by atoms with Gasteiger partial charge in [-0.1, -0.05) is 19.8 Å². The van der Waals surface area contributed by atoms with Crippen LogP contribution in [0.4, 0.5) is 0 Å². The van der Waals surface area contributed by atoms with Crippen molar-refractivity contribution in [2.24, 2.45) is 16.8 Å². The van der Waals surface area contributed by atoms with Crippen LogP contribution >= 0.6 is 0 Å². The Labute approximate surface area is 158 Å². The monoisotopic (exact) mass is 385 g/mol. The minimum Gasteiger partial charge on any atom is -0.378 e. The van der Waals surface area contributed by atoms with Gasteiger partial charge in [-0.3, -0.25) is 4.99 Å². The smallest absolute Gasteiger partial charge is 0.191 e. The van der Waals surface area contributed by atoms with Crippen LogP contribution in [0.2, 0.25) is 0 Å². The van der Waals surface area contributed by atoms with Crippen LogP contribution in [0.25, 0.3) is 0 Å². The van der Waals surface area contributed by atoms with Gasteiger partial charge in [0.2, 0.25) is 0 Å². The topological polar surface area (TPSA) is 79.8 Å². The summed E-state index contributed by atoms with van der Waals surface area (Å²) in [6, 6.07) is 0.829. The molecule has 0 aromatic carbocycles. The molecule has 0 aromatic rings. The van der Waals surface area contributed by atoms with E-state index in [1.54, 1.807) is 0 Å². The average Bonchev–Trinajstić information content (AvgIpc) is 2.94. The van der Waals surface area contributed by atoms with E-state index in [2.05, 4.69) is 24.5 Å². The highest BCUT2D eigenvalue weighted by Crippen LogP contribution is 2.24. The molecule has 1 aliphatic carbocycles. The van der Waals surface area contributed by atoms with Crippen molar-refractivity contribution in [2.75, 3.05) is 24.7 Å². The highest BCUT2D eigenvalue weighted by Gasteiger charge is 2.29. The van der Waals surface area contributed by atoms with Crippen molar-refractivity contribution < 1.29 is 13.2 Å². The van der Waals surface area contributed by atoms with Gasteiger partial charge in [-0.25, -0.2) is 8.42 Å². The Kier molecular flexibility index (Phi) is 6.83. The van der Waals surface area contributed by atoms with E-state index in [0.717, 1.165) is 31.8 Å². The summed E-state index contributed by atoms with van der Waals surface area (Å²) in [6.07, 6.45) is 8.02. The first-order valence-electron chi connectivity index (χ1n) is 10.3. The standard InChI is InChI=1S/C19H35N3O3S/c1-14-5-3-4-6-18(14)22-19(21-17-7-9-25-15(2)11-17)20-12-16-8-10-26(23,24)13-16/h14-18H,3-13H2,1-2H3,(H2,20,21,22). The first-order chi connectivity index (χ1) is 12.4. The lowest BCUT2D eigenvalue weighted by Gasteiger charge is -2.34. The average molecular weight is 386 g/mol. The highest BCUT2D eigenvalue weighted by molar-refractivity contribution is 7.91. The molecule has 0 spiro atoms. The maximum Gasteiger partial charge on any atom is 0.191 e. The number of sulfone groups is 1. The molecule has 3 fully saturated rings. The van der Waals surface area contributed by atoms with Gasteiger partial charge in [0.25, 0.3) is 0 Å². The fourth-order valence-electron chi connectivity index (χ4n) is 4.40. The summed E-state index contributed by atoms with van der Waals surface area (Å²) in [7, 11) is -2.84. The minimum absolute atomic E-state index is 0.163. The van der Waals surface area contributed by atoms with Crippen LogP contribution in [0, 0.1) is 11.8 Å². The van der Waals surface area contributed by atoms with Gasteiger partial charge in [0.15, 0.2) is 15.8 Å². The molecule has 5 atom stereocenters. The predicted molar refractivity (Wildman–Crippen MR) is 105 cm³/mol. The van der Waals surface area contributed by atoms with Gasteiger partial charge in [0, 0.05) is 25.2 Å². The van der Waals surface area contributed by atoms with Crippen molar-refractivity contribution in [3.8, 4) is 0 Å². The molecule has 0 aromatic heterocycles. The van der Waals surface area contributed by atoms with E-state index in [1.807, 2.05) is 0 Å². The molecule has 2 heterocycles. The zero-order valence-corrected chi connectivity index (χ0v) is 17.1. The zero-order chi connectivity index (χ0) is 18.6. The number of nitrogens with one attached hydrogen (secondary N) is 2. The van der Waals surface area contributed by atoms with Crippen LogP contribution in [0.15, 0.2) is 4.99 Å². The number of ether oxygens (including phenoxy) is 1. The lowest BCUT2D eigenvalue weighted by Crippen LogP contribution is -2.52. The lowest BCUT2D eigenvalue weighted by atomic mass is 9.86. The Morgan fingerprint density at radius 1 is 1.12 bits per heavy atom. The Bertz CT molecular complexity index is 593. The van der Waals surface area contributed by atoms with Crippen LogP contribution < -0.4 is 10.6 Å². The van der Waals surface area contributed by atoms with Crippen molar-refractivity contribution in [2.45, 2.75) is 77.0 Å². The van der Waals surface area contributed by atoms with Crippen molar-refractivity contribution in [1.29, 1.82) is 0 Å². The molecule has 3 aliphatic rings. The van der Waals surface area contributed by atoms with Gasteiger partial charge < -0.3 is 15.4 Å². The molecule has 6 nitrogen and oxygen atoms in total. The maximum atomic E-state index is 11.7. The van der Waals surface area contributed by atoms with Crippen LogP contribution in [-0.4, -0.2) is 57.2 Å². The number of guanidine groups is 1. The molecule has 2 N–H and O–H groups in total. The summed E-state index contributed by atoms with van der Waals surface area (Å²) in [6.45, 7) is 5.81. The Morgan fingerprint density at radius 2 is 1.92 bits per heavy atom. The molecule has 7 heteroatoms. The maximum absolute atomic E-state index is 11.7. The number of nitrogens with zero attached hydrogens (tertiary/aromatic N) is 1. The summed E-state index contributed by atoms with van der Waals surface area (Å²) in [5.74, 6) is 2.29. The van der Waals surface area contributed by atoms with Gasteiger partial charge in [-0.15, -0.1) is 0 Å². The first-order valence-corrected chi connectivity index (χ1v) is 12.1. The third kappa shape index (κ3) is 5.84. The quantitative estimate of drug-likeness (QED) is 0.572. The molecule has 150 valence electrons. The molecule has 1 saturated carbocycles. The number of hydrogen-bond donors (Lipinski definition) is 2. The summed E-state index contributed by atoms with van der Waals surface area (Å²) in [5, 5.41) is 7.27. The minimum atomic E-state index is -2.84. The summed E-state index contributed by atoms with van der Waals surface area (Å²) in [4.78, 5) is 4.81. The second-order valence-electron chi connectivity index (χ2n) is 8.52. The third-order valence-electron chi connectivity index (χ3n) is 6.09. The molecule has 5 unspecified atom stereocenters.